The van der Waals surface area contributed by atoms with Gasteiger partial charge in [-0.1, -0.05) is 78.9 Å². The zero-order valence-electron chi connectivity index (χ0n) is 14.1. The molecule has 0 fully saturated rings. The van der Waals surface area contributed by atoms with Gasteiger partial charge in [-0.15, -0.1) is 0 Å². The van der Waals surface area contributed by atoms with E-state index in [2.05, 4.69) is 108 Å². The Hall–Kier alpha value is -2.58. The zero-order valence-corrected chi connectivity index (χ0v) is 15.1. The second-order valence-corrected chi connectivity index (χ2v) is 10.9. The molecule has 0 N–H and O–H groups in total. The molecule has 4 rings (SSSR count). The van der Waals surface area contributed by atoms with Gasteiger partial charge in [0.1, 0.15) is 0 Å². The second kappa shape index (κ2) is 5.80. The van der Waals surface area contributed by atoms with Gasteiger partial charge in [0, 0.05) is 11.2 Å². The van der Waals surface area contributed by atoms with E-state index in [4.69, 9.17) is 0 Å². The Labute approximate surface area is 144 Å². The molecule has 0 saturated heterocycles. The number of para-hydroxylation sites is 1. The average Bonchev–Trinajstić information content (AvgIpc) is 3.03. The van der Waals surface area contributed by atoms with Crippen molar-refractivity contribution in [1.82, 2.24) is 4.23 Å². The first-order chi connectivity index (χ1) is 11.7. The molecule has 1 heterocycles. The maximum absolute atomic E-state index is 2.60. The van der Waals surface area contributed by atoms with E-state index in [0.29, 0.717) is 0 Å². The highest BCUT2D eigenvalue weighted by atomic mass is 28.3. The summed E-state index contributed by atoms with van der Waals surface area (Å²) in [4.78, 5) is 0. The lowest BCUT2D eigenvalue weighted by molar-refractivity contribution is 1.22. The van der Waals surface area contributed by atoms with Crippen LogP contribution in [0.3, 0.4) is 0 Å². The smallest absolute Gasteiger partial charge is 0.187 e. The van der Waals surface area contributed by atoms with Gasteiger partial charge in [-0.3, -0.25) is 0 Å². The second-order valence-electron chi connectivity index (χ2n) is 6.71. The van der Waals surface area contributed by atoms with Crippen molar-refractivity contribution in [2.24, 2.45) is 0 Å². The van der Waals surface area contributed by atoms with Gasteiger partial charge in [-0.2, -0.15) is 0 Å². The standard InChI is InChI=1S/C22H21NSi/c1-24(2,20-14-7-4-8-15-20)23-21-16-10-9-13-19(21)17-22(23)18-11-5-3-6-12-18/h3-17H,1-2H3. The highest BCUT2D eigenvalue weighted by molar-refractivity contribution is 6.89. The van der Waals surface area contributed by atoms with Crippen LogP contribution in [0.4, 0.5) is 0 Å². The van der Waals surface area contributed by atoms with Crippen molar-refractivity contribution in [3.05, 3.63) is 91.0 Å². The minimum absolute atomic E-state index is 1.28. The molecule has 24 heavy (non-hydrogen) atoms. The molecule has 0 aliphatic carbocycles. The van der Waals surface area contributed by atoms with Crippen molar-refractivity contribution in [1.29, 1.82) is 0 Å². The summed E-state index contributed by atoms with van der Waals surface area (Å²) in [5, 5.41) is 2.76. The molecule has 4 aromatic rings. The lowest BCUT2D eigenvalue weighted by atomic mass is 10.1. The molecule has 3 aromatic carbocycles. The van der Waals surface area contributed by atoms with Crippen LogP contribution in [0.2, 0.25) is 13.1 Å². The van der Waals surface area contributed by atoms with Gasteiger partial charge in [-0.05, 0) is 41.4 Å². The Kier molecular flexibility index (Phi) is 3.62. The number of hydrogen-bond donors (Lipinski definition) is 0. The van der Waals surface area contributed by atoms with Crippen LogP contribution in [0.1, 0.15) is 0 Å². The summed E-state index contributed by atoms with van der Waals surface area (Å²) < 4.78 is 2.60. The van der Waals surface area contributed by atoms with Crippen LogP contribution in [0.25, 0.3) is 22.2 Å². The highest BCUT2D eigenvalue weighted by Gasteiger charge is 2.30. The number of aromatic nitrogens is 1. The molecule has 0 aliphatic rings. The first-order valence-electron chi connectivity index (χ1n) is 8.40. The Morgan fingerprint density at radius 1 is 0.667 bits per heavy atom. The molecule has 0 bridgehead atoms. The fourth-order valence-electron chi connectivity index (χ4n) is 3.55. The summed E-state index contributed by atoms with van der Waals surface area (Å²) in [7, 11) is -1.88. The van der Waals surface area contributed by atoms with Crippen LogP contribution in [0, 0.1) is 0 Å². The minimum atomic E-state index is -1.88. The predicted molar refractivity (Wildman–Crippen MR) is 106 cm³/mol. The molecule has 2 heteroatoms. The summed E-state index contributed by atoms with van der Waals surface area (Å²) in [6.07, 6.45) is 0. The third-order valence-electron chi connectivity index (χ3n) is 4.82. The van der Waals surface area contributed by atoms with Crippen LogP contribution in [-0.4, -0.2) is 12.5 Å². The van der Waals surface area contributed by atoms with Crippen molar-refractivity contribution >= 4 is 24.3 Å². The molecule has 0 aliphatic heterocycles. The van der Waals surface area contributed by atoms with Crippen LogP contribution >= 0.6 is 0 Å². The third kappa shape index (κ3) is 2.40. The normalized spacial score (nSPS) is 11.8. The first kappa shape index (κ1) is 15.0. The summed E-state index contributed by atoms with van der Waals surface area (Å²) >= 11 is 0. The SMILES string of the molecule is C[Si](C)(c1ccccc1)n1c(-c2ccccc2)cc2ccccc21. The largest absolute Gasteiger partial charge is 0.364 e. The summed E-state index contributed by atoms with van der Waals surface area (Å²) in [6.45, 7) is 4.86. The number of nitrogens with zero attached hydrogens (tertiary/aromatic N) is 1. The van der Waals surface area contributed by atoms with Crippen LogP contribution < -0.4 is 5.19 Å². The van der Waals surface area contributed by atoms with E-state index in [0.717, 1.165) is 0 Å². The number of fused-ring (bicyclic) bond motifs is 1. The van der Waals surface area contributed by atoms with Gasteiger partial charge in [-0.25, -0.2) is 0 Å². The quantitative estimate of drug-likeness (QED) is 0.452. The van der Waals surface area contributed by atoms with Crippen LogP contribution in [0.5, 0.6) is 0 Å². The minimum Gasteiger partial charge on any atom is -0.364 e. The Morgan fingerprint density at radius 3 is 1.96 bits per heavy atom. The molecule has 0 spiro atoms. The van der Waals surface area contributed by atoms with Crippen LogP contribution in [0.15, 0.2) is 91.0 Å². The van der Waals surface area contributed by atoms with Gasteiger partial charge in [0.05, 0.1) is 0 Å². The molecular formula is C22H21NSi. The topological polar surface area (TPSA) is 4.93 Å². The van der Waals surface area contributed by atoms with Gasteiger partial charge in [0.2, 0.25) is 0 Å². The van der Waals surface area contributed by atoms with Crippen molar-refractivity contribution in [2.75, 3.05) is 0 Å². The lowest BCUT2D eigenvalue weighted by Gasteiger charge is -2.29. The summed E-state index contributed by atoms with van der Waals surface area (Å²) in [6, 6.07) is 32.7. The van der Waals surface area contributed by atoms with Crippen molar-refractivity contribution in [3.63, 3.8) is 0 Å². The maximum Gasteiger partial charge on any atom is 0.187 e. The van der Waals surface area contributed by atoms with E-state index in [1.165, 1.54) is 27.3 Å². The van der Waals surface area contributed by atoms with Gasteiger partial charge in [0.25, 0.3) is 0 Å². The van der Waals surface area contributed by atoms with E-state index < -0.39 is 8.24 Å². The van der Waals surface area contributed by atoms with E-state index >= 15 is 0 Å². The van der Waals surface area contributed by atoms with Gasteiger partial charge >= 0.3 is 0 Å². The summed E-state index contributed by atoms with van der Waals surface area (Å²) in [5.74, 6) is 0. The van der Waals surface area contributed by atoms with E-state index in [1.807, 2.05) is 0 Å². The molecule has 0 saturated carbocycles. The Bertz CT molecular complexity index is 969. The fourth-order valence-corrected chi connectivity index (χ4v) is 6.42. The zero-order chi connectivity index (χ0) is 16.6. The van der Waals surface area contributed by atoms with E-state index in [9.17, 15) is 0 Å². The molecule has 1 aromatic heterocycles. The first-order valence-corrected chi connectivity index (χ1v) is 11.3. The van der Waals surface area contributed by atoms with Gasteiger partial charge in [0.15, 0.2) is 8.24 Å². The Balaban J connectivity index is 2.03. The maximum atomic E-state index is 2.60. The molecule has 118 valence electrons. The number of rotatable bonds is 3. The number of benzene rings is 3. The Morgan fingerprint density at radius 2 is 1.25 bits per heavy atom. The average molecular weight is 328 g/mol. The van der Waals surface area contributed by atoms with Gasteiger partial charge < -0.3 is 4.23 Å². The van der Waals surface area contributed by atoms with E-state index in [1.54, 1.807) is 0 Å². The van der Waals surface area contributed by atoms with Crippen LogP contribution in [-0.2, 0) is 0 Å². The lowest BCUT2D eigenvalue weighted by Crippen LogP contribution is -2.49. The van der Waals surface area contributed by atoms with E-state index in [-0.39, 0.29) is 0 Å². The summed E-state index contributed by atoms with van der Waals surface area (Å²) in [5.41, 5.74) is 3.93. The third-order valence-corrected chi connectivity index (χ3v) is 8.17. The predicted octanol–water partition coefficient (Wildman–Crippen LogP) is 5.27. The molecule has 1 nitrogen and oxygen atoms in total. The molecule has 0 unspecified atom stereocenters. The molecule has 0 radical (unpaired) electrons. The molecule has 0 amide bonds. The fraction of sp³-hybridized carbons (Fsp3) is 0.0909. The van der Waals surface area contributed by atoms with Crippen molar-refractivity contribution < 1.29 is 0 Å². The monoisotopic (exact) mass is 327 g/mol. The highest BCUT2D eigenvalue weighted by Crippen LogP contribution is 2.31. The number of hydrogen-bond acceptors (Lipinski definition) is 0. The van der Waals surface area contributed by atoms with Crippen molar-refractivity contribution in [2.45, 2.75) is 13.1 Å². The van der Waals surface area contributed by atoms with Crippen molar-refractivity contribution in [3.8, 4) is 11.3 Å². The molecular weight excluding hydrogens is 306 g/mol. The molecule has 0 atom stereocenters.